The van der Waals surface area contributed by atoms with Crippen LogP contribution in [-0.2, 0) is 41.8 Å². The van der Waals surface area contributed by atoms with E-state index in [0.717, 1.165) is 35.1 Å². The molecular weight excluding hydrogens is 715 g/mol. The zero-order valence-corrected chi connectivity index (χ0v) is 30.4. The van der Waals surface area contributed by atoms with Gasteiger partial charge in [-0.15, -0.1) is 23.5 Å². The van der Waals surface area contributed by atoms with Crippen molar-refractivity contribution in [1.29, 1.82) is 0 Å². The Labute approximate surface area is 308 Å². The lowest BCUT2D eigenvalue weighted by atomic mass is 9.98. The molecule has 2 heterocycles. The molecule has 50 heavy (non-hydrogen) atoms. The summed E-state index contributed by atoms with van der Waals surface area (Å²) in [7, 11) is 0. The van der Waals surface area contributed by atoms with E-state index in [2.05, 4.69) is 0 Å². The minimum absolute atomic E-state index is 0.252. The number of carbonyl (C=O) groups excluding carboxylic acids is 2. The van der Waals surface area contributed by atoms with E-state index in [1.807, 2.05) is 62.4 Å². The molecule has 12 heteroatoms. The van der Waals surface area contributed by atoms with Crippen molar-refractivity contribution in [1.82, 2.24) is 0 Å². The summed E-state index contributed by atoms with van der Waals surface area (Å²) in [5.74, 6) is -2.55. The Morgan fingerprint density at radius 1 is 0.600 bits per heavy atom. The molecule has 4 atom stereocenters. The highest BCUT2D eigenvalue weighted by Crippen LogP contribution is 2.53. The first-order valence-corrected chi connectivity index (χ1v) is 18.5. The molecule has 258 valence electrons. The maximum absolute atomic E-state index is 13.5. The van der Waals surface area contributed by atoms with Gasteiger partial charge in [0.05, 0.1) is 23.3 Å². The third kappa shape index (κ3) is 7.12. The first-order chi connectivity index (χ1) is 23.8. The van der Waals surface area contributed by atoms with E-state index in [1.54, 1.807) is 58.3 Å². The minimum atomic E-state index is -1.02. The van der Waals surface area contributed by atoms with Crippen molar-refractivity contribution in [3.8, 4) is 0 Å². The Hall–Kier alpha value is -3.96. The normalized spacial score (nSPS) is 23.4. The topological polar surface area (TPSA) is 115 Å². The van der Waals surface area contributed by atoms with Crippen molar-refractivity contribution in [3.63, 3.8) is 0 Å². The van der Waals surface area contributed by atoms with Crippen molar-refractivity contribution in [2.45, 2.75) is 59.8 Å². The summed E-state index contributed by atoms with van der Waals surface area (Å²) in [4.78, 5) is 51.9. The fourth-order valence-corrected chi connectivity index (χ4v) is 9.99. The van der Waals surface area contributed by atoms with Crippen LogP contribution in [0.1, 0.15) is 48.9 Å². The standard InChI is InChI=1S/C38H34Cl2N2O6S2/c1-37(41(29-17-13-27(39)14-18-29)35(47)31(49-37)21-33(43)44)25-9-5-23(6-10-25)3-4-24-7-11-26(12-8-24)38(2)42(30-19-15-28(40)16-20-30)36(48)32(50-38)22-34(45)46/h5-20,31-32H,3-4,21-22H2,1-2H3,(H,43,44)(H,45,46)/t31-,32-,37-,38-/m0/s1. The third-order valence-electron chi connectivity index (χ3n) is 9.16. The summed E-state index contributed by atoms with van der Waals surface area (Å²) in [6.45, 7) is 3.88. The number of rotatable bonds is 11. The van der Waals surface area contributed by atoms with Gasteiger partial charge in [0.2, 0.25) is 11.8 Å². The largest absolute Gasteiger partial charge is 0.481 e. The Morgan fingerprint density at radius 2 is 0.920 bits per heavy atom. The van der Waals surface area contributed by atoms with Crippen molar-refractivity contribution >= 4 is 81.9 Å². The number of hydrogen-bond donors (Lipinski definition) is 2. The second-order valence-electron chi connectivity index (χ2n) is 12.6. The average Bonchev–Trinajstić information content (AvgIpc) is 3.48. The van der Waals surface area contributed by atoms with E-state index in [0.29, 0.717) is 21.4 Å². The van der Waals surface area contributed by atoms with Gasteiger partial charge in [-0.3, -0.25) is 29.0 Å². The molecule has 0 aromatic heterocycles. The third-order valence-corrected chi connectivity index (χ3v) is 12.7. The van der Waals surface area contributed by atoms with Crippen LogP contribution in [0.3, 0.4) is 0 Å². The number of halogens is 2. The van der Waals surface area contributed by atoms with Crippen LogP contribution >= 0.6 is 46.7 Å². The summed E-state index contributed by atoms with van der Waals surface area (Å²) in [5.41, 5.74) is 5.27. The molecular formula is C38H34Cl2N2O6S2. The zero-order chi connectivity index (χ0) is 35.8. The van der Waals surface area contributed by atoms with Gasteiger partial charge in [0, 0.05) is 21.4 Å². The highest BCUT2D eigenvalue weighted by atomic mass is 35.5. The fraction of sp³-hybridized carbons (Fsp3) is 0.263. The molecule has 0 saturated carbocycles. The Bertz CT molecular complexity index is 1780. The van der Waals surface area contributed by atoms with E-state index >= 15 is 0 Å². The SMILES string of the molecule is C[C@@]1(c2ccc(CCc3ccc([C@]4(C)S[C@@H](CC(=O)O)C(=O)N4c4ccc(Cl)cc4)cc3)cc2)S[C@@H](CC(=O)O)C(=O)N1c1ccc(Cl)cc1. The molecule has 0 unspecified atom stereocenters. The minimum Gasteiger partial charge on any atom is -0.481 e. The number of benzene rings is 4. The van der Waals surface area contributed by atoms with Gasteiger partial charge in [-0.1, -0.05) is 71.7 Å². The zero-order valence-electron chi connectivity index (χ0n) is 27.2. The number of carboxylic acids is 2. The molecule has 0 aliphatic carbocycles. The van der Waals surface area contributed by atoms with Crippen molar-refractivity contribution in [2.75, 3.05) is 9.80 Å². The van der Waals surface area contributed by atoms with E-state index in [9.17, 15) is 29.4 Å². The lowest BCUT2D eigenvalue weighted by Gasteiger charge is -2.35. The smallest absolute Gasteiger partial charge is 0.305 e. The first kappa shape index (κ1) is 35.9. The Morgan fingerprint density at radius 3 is 1.22 bits per heavy atom. The number of carboxylic acid groups (broad SMARTS) is 2. The van der Waals surface area contributed by atoms with Gasteiger partial charge in [0.25, 0.3) is 0 Å². The molecule has 0 bridgehead atoms. The van der Waals surface area contributed by atoms with Gasteiger partial charge in [-0.25, -0.2) is 0 Å². The van der Waals surface area contributed by atoms with Gasteiger partial charge in [0.15, 0.2) is 0 Å². The molecule has 0 radical (unpaired) electrons. The van der Waals surface area contributed by atoms with Crippen LogP contribution in [-0.4, -0.2) is 44.5 Å². The van der Waals surface area contributed by atoms with Crippen LogP contribution in [0.4, 0.5) is 11.4 Å². The van der Waals surface area contributed by atoms with E-state index in [-0.39, 0.29) is 24.7 Å². The number of carbonyl (C=O) groups is 4. The van der Waals surface area contributed by atoms with Crippen LogP contribution in [0.25, 0.3) is 0 Å². The predicted molar refractivity (Wildman–Crippen MR) is 200 cm³/mol. The summed E-state index contributed by atoms with van der Waals surface area (Å²) in [5, 5.41) is 18.6. The molecule has 4 aromatic carbocycles. The fourth-order valence-electron chi connectivity index (χ4n) is 6.62. The molecule has 4 aromatic rings. The maximum atomic E-state index is 13.5. The summed E-state index contributed by atoms with van der Waals surface area (Å²) in [6.07, 6.45) is 0.979. The summed E-state index contributed by atoms with van der Waals surface area (Å²) in [6, 6.07) is 30.1. The van der Waals surface area contributed by atoms with Gasteiger partial charge < -0.3 is 10.2 Å². The Kier molecular flexibility index (Phi) is 10.3. The van der Waals surface area contributed by atoms with Crippen LogP contribution in [0.15, 0.2) is 97.1 Å². The molecule has 6 rings (SSSR count). The molecule has 2 saturated heterocycles. The predicted octanol–water partition coefficient (Wildman–Crippen LogP) is 8.37. The van der Waals surface area contributed by atoms with E-state index in [1.165, 1.54) is 23.5 Å². The summed E-state index contributed by atoms with van der Waals surface area (Å²) >= 11 is 14.9. The van der Waals surface area contributed by atoms with Crippen molar-refractivity contribution < 1.29 is 29.4 Å². The molecule has 8 nitrogen and oxygen atoms in total. The number of anilines is 2. The molecule has 2 N–H and O–H groups in total. The molecule has 2 aliphatic rings. The quantitative estimate of drug-likeness (QED) is 0.157. The monoisotopic (exact) mass is 748 g/mol. The summed E-state index contributed by atoms with van der Waals surface area (Å²) < 4.78 is 0. The molecule has 2 fully saturated rings. The van der Waals surface area contributed by atoms with Gasteiger partial charge >= 0.3 is 11.9 Å². The van der Waals surface area contributed by atoms with E-state index < -0.39 is 32.2 Å². The number of hydrogen-bond acceptors (Lipinski definition) is 6. The van der Waals surface area contributed by atoms with Gasteiger partial charge in [-0.2, -0.15) is 0 Å². The first-order valence-electron chi connectivity index (χ1n) is 16.0. The van der Waals surface area contributed by atoms with Gasteiger partial charge in [0.1, 0.15) is 9.74 Å². The number of amides is 2. The highest BCUT2D eigenvalue weighted by molar-refractivity contribution is 8.02. The van der Waals surface area contributed by atoms with Crippen LogP contribution in [0, 0.1) is 0 Å². The number of aryl methyl sites for hydroxylation is 2. The van der Waals surface area contributed by atoms with E-state index in [4.69, 9.17) is 23.2 Å². The molecule has 2 aliphatic heterocycles. The Balaban J connectivity index is 1.18. The van der Waals surface area contributed by atoms with Crippen LogP contribution in [0.5, 0.6) is 0 Å². The maximum Gasteiger partial charge on any atom is 0.305 e. The second kappa shape index (κ2) is 14.3. The molecule has 2 amide bonds. The second-order valence-corrected chi connectivity index (χ2v) is 16.6. The number of thioether (sulfide) groups is 2. The van der Waals surface area contributed by atoms with Gasteiger partial charge in [-0.05, 0) is 97.5 Å². The van der Waals surface area contributed by atoms with Crippen LogP contribution < -0.4 is 9.80 Å². The van der Waals surface area contributed by atoms with Crippen LogP contribution in [0.2, 0.25) is 10.0 Å². The highest BCUT2D eigenvalue weighted by Gasteiger charge is 2.52. The van der Waals surface area contributed by atoms with Crippen molar-refractivity contribution in [2.24, 2.45) is 0 Å². The number of nitrogens with zero attached hydrogens (tertiary/aromatic N) is 2. The lowest BCUT2D eigenvalue weighted by Crippen LogP contribution is -2.41. The average molecular weight is 750 g/mol. The lowest BCUT2D eigenvalue weighted by molar-refractivity contribution is -0.138. The number of aliphatic carboxylic acids is 2. The molecule has 0 spiro atoms. The van der Waals surface area contributed by atoms with Crippen molar-refractivity contribution in [3.05, 3.63) is 129 Å².